The van der Waals surface area contributed by atoms with Crippen LogP contribution in [0, 0.1) is 36.3 Å². The average Bonchev–Trinajstić information content (AvgIpc) is 2.67. The summed E-state index contributed by atoms with van der Waals surface area (Å²) in [5.74, 6) is 0.869. The number of halogens is 2. The van der Waals surface area contributed by atoms with Gasteiger partial charge in [-0.2, -0.15) is 0 Å². The van der Waals surface area contributed by atoms with Crippen molar-refractivity contribution in [3.63, 3.8) is 0 Å². The average molecular weight is 366 g/mol. The molecule has 0 radical (unpaired) electrons. The summed E-state index contributed by atoms with van der Waals surface area (Å²) in [6.45, 7) is 4.93. The maximum absolute atomic E-state index is 13.8. The molecule has 0 bridgehead atoms. The van der Waals surface area contributed by atoms with Crippen molar-refractivity contribution in [2.45, 2.75) is 71.5 Å². The van der Waals surface area contributed by atoms with E-state index in [4.69, 9.17) is 9.47 Å². The maximum Gasteiger partial charge on any atom is 0.184 e. The van der Waals surface area contributed by atoms with Crippen molar-refractivity contribution in [3.8, 4) is 0 Å². The monoisotopic (exact) mass is 366 g/mol. The number of hydrogen-bond acceptors (Lipinski definition) is 2. The molecule has 2 fully saturated rings. The van der Waals surface area contributed by atoms with E-state index in [1.807, 2.05) is 0 Å². The minimum Gasteiger partial charge on any atom is -0.348 e. The second kappa shape index (κ2) is 9.27. The van der Waals surface area contributed by atoms with Crippen LogP contribution in [0.3, 0.4) is 0 Å². The van der Waals surface area contributed by atoms with Crippen LogP contribution >= 0.6 is 0 Å². The molecule has 0 aromatic heterocycles. The van der Waals surface area contributed by atoms with Crippen molar-refractivity contribution in [2.24, 2.45) is 17.8 Å². The molecule has 26 heavy (non-hydrogen) atoms. The first kappa shape index (κ1) is 19.8. The predicted octanol–water partition coefficient (Wildman–Crippen LogP) is 6.32. The van der Waals surface area contributed by atoms with E-state index in [0.29, 0.717) is 30.6 Å². The summed E-state index contributed by atoms with van der Waals surface area (Å²) in [5.41, 5.74) is 0.474. The van der Waals surface area contributed by atoms with Crippen LogP contribution in [0.2, 0.25) is 0 Å². The summed E-state index contributed by atoms with van der Waals surface area (Å²) in [7, 11) is 0. The zero-order valence-corrected chi connectivity index (χ0v) is 16.1. The first-order valence-corrected chi connectivity index (χ1v) is 10.3. The van der Waals surface area contributed by atoms with Crippen LogP contribution in [0.4, 0.5) is 8.78 Å². The van der Waals surface area contributed by atoms with Gasteiger partial charge in [-0.3, -0.25) is 0 Å². The second-order valence-electron chi connectivity index (χ2n) is 8.14. The highest BCUT2D eigenvalue weighted by Gasteiger charge is 2.32. The number of ether oxygens (including phenoxy) is 2. The molecule has 4 heteroatoms. The zero-order valence-electron chi connectivity index (χ0n) is 16.1. The van der Waals surface area contributed by atoms with Gasteiger partial charge in [-0.1, -0.05) is 45.4 Å². The molecule has 1 heterocycles. The molecule has 1 aromatic rings. The van der Waals surface area contributed by atoms with Gasteiger partial charge in [0.05, 0.1) is 13.2 Å². The molecular weight excluding hydrogens is 334 g/mol. The fraction of sp³-hybridized carbons (Fsp3) is 0.727. The molecule has 0 unspecified atom stereocenters. The molecule has 0 N–H and O–H groups in total. The number of hydrogen-bond donors (Lipinski definition) is 0. The largest absolute Gasteiger partial charge is 0.348 e. The fourth-order valence-corrected chi connectivity index (χ4v) is 4.42. The van der Waals surface area contributed by atoms with Gasteiger partial charge in [-0.15, -0.1) is 0 Å². The Kier molecular flexibility index (Phi) is 7.05. The Bertz CT molecular complexity index is 551. The Labute approximate surface area is 156 Å². The SMILES string of the molecule is CCCCCC1CCC(C2COC(c3cc(F)c(C)c(F)c3)OC2)CC1. The first-order valence-electron chi connectivity index (χ1n) is 10.3. The van der Waals surface area contributed by atoms with Gasteiger partial charge in [0, 0.05) is 17.0 Å². The summed E-state index contributed by atoms with van der Waals surface area (Å²) in [5, 5.41) is 0. The molecule has 0 spiro atoms. The third-order valence-corrected chi connectivity index (χ3v) is 6.27. The van der Waals surface area contributed by atoms with Crippen molar-refractivity contribution < 1.29 is 18.3 Å². The minimum atomic E-state index is -0.652. The minimum absolute atomic E-state index is 0.0399. The van der Waals surface area contributed by atoms with E-state index in [1.54, 1.807) is 0 Å². The maximum atomic E-state index is 13.8. The normalized spacial score (nSPS) is 29.7. The zero-order chi connectivity index (χ0) is 18.5. The highest BCUT2D eigenvalue weighted by atomic mass is 19.1. The third kappa shape index (κ3) is 4.83. The summed E-state index contributed by atoms with van der Waals surface area (Å²) >= 11 is 0. The van der Waals surface area contributed by atoms with Gasteiger partial charge in [0.2, 0.25) is 0 Å². The molecule has 2 nitrogen and oxygen atoms in total. The van der Waals surface area contributed by atoms with Gasteiger partial charge < -0.3 is 9.47 Å². The standard InChI is InChI=1S/C22H32F2O2/c1-3-4-5-6-16-7-9-17(10-8-16)19-13-25-22(26-14-19)18-11-20(23)15(2)21(24)12-18/h11-12,16-17,19,22H,3-10,13-14H2,1-2H3. The topological polar surface area (TPSA) is 18.5 Å². The molecule has 1 aliphatic heterocycles. The highest BCUT2D eigenvalue weighted by Crippen LogP contribution is 2.39. The van der Waals surface area contributed by atoms with Crippen LogP contribution in [-0.2, 0) is 9.47 Å². The van der Waals surface area contributed by atoms with E-state index < -0.39 is 17.9 Å². The van der Waals surface area contributed by atoms with Crippen LogP contribution in [0.1, 0.15) is 75.7 Å². The van der Waals surface area contributed by atoms with E-state index in [2.05, 4.69) is 6.92 Å². The lowest BCUT2D eigenvalue weighted by Gasteiger charge is -2.38. The van der Waals surface area contributed by atoms with Gasteiger partial charge in [-0.05, 0) is 43.7 Å². The Morgan fingerprint density at radius 2 is 1.54 bits per heavy atom. The van der Waals surface area contributed by atoms with Gasteiger partial charge >= 0.3 is 0 Å². The van der Waals surface area contributed by atoms with Crippen molar-refractivity contribution >= 4 is 0 Å². The Morgan fingerprint density at radius 1 is 0.923 bits per heavy atom. The van der Waals surface area contributed by atoms with E-state index in [0.717, 1.165) is 5.92 Å². The molecule has 1 saturated heterocycles. The van der Waals surface area contributed by atoms with Gasteiger partial charge in [0.1, 0.15) is 11.6 Å². The fourth-order valence-electron chi connectivity index (χ4n) is 4.42. The molecule has 0 amide bonds. The van der Waals surface area contributed by atoms with Crippen molar-refractivity contribution in [2.75, 3.05) is 13.2 Å². The van der Waals surface area contributed by atoms with Crippen LogP contribution in [0.15, 0.2) is 12.1 Å². The molecule has 0 atom stereocenters. The molecule has 2 aliphatic rings. The smallest absolute Gasteiger partial charge is 0.184 e. The lowest BCUT2D eigenvalue weighted by Crippen LogP contribution is -2.34. The number of benzene rings is 1. The Hall–Kier alpha value is -1.00. The van der Waals surface area contributed by atoms with Crippen LogP contribution in [0.25, 0.3) is 0 Å². The van der Waals surface area contributed by atoms with Crippen LogP contribution in [0.5, 0.6) is 0 Å². The van der Waals surface area contributed by atoms with E-state index in [-0.39, 0.29) is 5.56 Å². The molecular formula is C22H32F2O2. The quantitative estimate of drug-likeness (QED) is 0.548. The lowest BCUT2D eigenvalue weighted by atomic mass is 9.74. The van der Waals surface area contributed by atoms with Gasteiger partial charge in [0.15, 0.2) is 6.29 Å². The van der Waals surface area contributed by atoms with E-state index in [9.17, 15) is 8.78 Å². The van der Waals surface area contributed by atoms with Crippen molar-refractivity contribution in [1.29, 1.82) is 0 Å². The summed E-state index contributed by atoms with van der Waals surface area (Å²) < 4.78 is 39.2. The highest BCUT2D eigenvalue weighted by molar-refractivity contribution is 5.26. The van der Waals surface area contributed by atoms with Crippen molar-refractivity contribution in [1.82, 2.24) is 0 Å². The molecule has 1 aromatic carbocycles. The number of unbranched alkanes of at least 4 members (excludes halogenated alkanes) is 2. The predicted molar refractivity (Wildman–Crippen MR) is 98.8 cm³/mol. The molecule has 1 aliphatic carbocycles. The van der Waals surface area contributed by atoms with Gasteiger partial charge in [0.25, 0.3) is 0 Å². The second-order valence-corrected chi connectivity index (χ2v) is 8.14. The summed E-state index contributed by atoms with van der Waals surface area (Å²) in [6.07, 6.45) is 9.90. The lowest BCUT2D eigenvalue weighted by molar-refractivity contribution is -0.215. The number of rotatable bonds is 6. The molecule has 146 valence electrons. The van der Waals surface area contributed by atoms with Crippen LogP contribution in [-0.4, -0.2) is 13.2 Å². The first-order chi connectivity index (χ1) is 12.6. The van der Waals surface area contributed by atoms with E-state index in [1.165, 1.54) is 70.4 Å². The molecule has 3 rings (SSSR count). The van der Waals surface area contributed by atoms with Gasteiger partial charge in [-0.25, -0.2) is 8.78 Å². The third-order valence-electron chi connectivity index (χ3n) is 6.27. The Morgan fingerprint density at radius 3 is 2.12 bits per heavy atom. The Balaban J connectivity index is 1.46. The van der Waals surface area contributed by atoms with E-state index >= 15 is 0 Å². The summed E-state index contributed by atoms with van der Waals surface area (Å²) in [6, 6.07) is 2.65. The van der Waals surface area contributed by atoms with Crippen LogP contribution < -0.4 is 0 Å². The molecule has 1 saturated carbocycles. The van der Waals surface area contributed by atoms with Crippen molar-refractivity contribution in [3.05, 3.63) is 34.9 Å². The summed E-state index contributed by atoms with van der Waals surface area (Å²) in [4.78, 5) is 0.